The zero-order chi connectivity index (χ0) is 14.5. The van der Waals surface area contributed by atoms with E-state index in [1.807, 2.05) is 25.1 Å². The fraction of sp³-hybridized carbons (Fsp3) is 0.133. The highest BCUT2D eigenvalue weighted by Gasteiger charge is 2.03. The van der Waals surface area contributed by atoms with Gasteiger partial charge in [-0.15, -0.1) is 0 Å². The van der Waals surface area contributed by atoms with E-state index in [1.165, 1.54) is 24.3 Å². The molecule has 0 aliphatic heterocycles. The van der Waals surface area contributed by atoms with Gasteiger partial charge in [0.15, 0.2) is 0 Å². The molecule has 1 amide bonds. The molecule has 0 spiro atoms. The van der Waals surface area contributed by atoms with E-state index in [2.05, 4.69) is 26.6 Å². The molecule has 0 radical (unpaired) electrons. The third-order valence-corrected chi connectivity index (χ3v) is 3.08. The van der Waals surface area contributed by atoms with Crippen molar-refractivity contribution in [3.05, 3.63) is 58.3 Å². The average molecular weight is 337 g/mol. The standard InChI is InChI=1S/C15H14BrFN2O/c1-10-6-11(16)8-14(7-10)18-9-15(20)19-13-4-2-12(17)3-5-13/h2-8,18H,9H2,1H3,(H,19,20). The van der Waals surface area contributed by atoms with Crippen LogP contribution in [0.3, 0.4) is 0 Å². The first-order valence-corrected chi connectivity index (χ1v) is 6.89. The Morgan fingerprint density at radius 3 is 2.50 bits per heavy atom. The van der Waals surface area contributed by atoms with Gasteiger partial charge in [-0.05, 0) is 55.0 Å². The molecule has 0 aromatic heterocycles. The Morgan fingerprint density at radius 2 is 1.85 bits per heavy atom. The summed E-state index contributed by atoms with van der Waals surface area (Å²) in [6.45, 7) is 2.13. The normalized spacial score (nSPS) is 10.2. The molecule has 0 unspecified atom stereocenters. The van der Waals surface area contributed by atoms with Crippen molar-refractivity contribution in [1.82, 2.24) is 0 Å². The first-order valence-electron chi connectivity index (χ1n) is 6.09. The van der Waals surface area contributed by atoms with Gasteiger partial charge in [0.25, 0.3) is 0 Å². The molecule has 0 aliphatic carbocycles. The predicted octanol–water partition coefficient (Wildman–Crippen LogP) is 3.95. The van der Waals surface area contributed by atoms with Gasteiger partial charge in [-0.3, -0.25) is 4.79 Å². The second-order valence-corrected chi connectivity index (χ2v) is 5.34. The van der Waals surface area contributed by atoms with Gasteiger partial charge in [-0.2, -0.15) is 0 Å². The summed E-state index contributed by atoms with van der Waals surface area (Å²) in [5.74, 6) is -0.514. The zero-order valence-corrected chi connectivity index (χ0v) is 12.5. The van der Waals surface area contributed by atoms with E-state index in [1.54, 1.807) is 0 Å². The van der Waals surface area contributed by atoms with Gasteiger partial charge in [0.05, 0.1) is 6.54 Å². The number of anilines is 2. The van der Waals surface area contributed by atoms with Crippen molar-refractivity contribution in [2.75, 3.05) is 17.2 Å². The van der Waals surface area contributed by atoms with E-state index < -0.39 is 0 Å². The van der Waals surface area contributed by atoms with E-state index in [0.717, 1.165) is 15.7 Å². The van der Waals surface area contributed by atoms with Crippen LogP contribution in [0.5, 0.6) is 0 Å². The number of carbonyl (C=O) groups excluding carboxylic acids is 1. The van der Waals surface area contributed by atoms with Crippen LogP contribution in [0, 0.1) is 12.7 Å². The number of halogens is 2. The van der Waals surface area contributed by atoms with E-state index in [4.69, 9.17) is 0 Å². The van der Waals surface area contributed by atoms with Crippen LogP contribution in [0.25, 0.3) is 0 Å². The average Bonchev–Trinajstić information content (AvgIpc) is 2.38. The van der Waals surface area contributed by atoms with Crippen LogP contribution in [-0.2, 0) is 4.79 Å². The first kappa shape index (κ1) is 14.5. The number of benzene rings is 2. The Hall–Kier alpha value is -1.88. The maximum absolute atomic E-state index is 12.7. The first-order chi connectivity index (χ1) is 9.52. The molecule has 0 bridgehead atoms. The molecule has 0 fully saturated rings. The number of carbonyl (C=O) groups is 1. The summed E-state index contributed by atoms with van der Waals surface area (Å²) in [6, 6.07) is 11.5. The number of rotatable bonds is 4. The molecule has 2 aromatic carbocycles. The molecule has 0 saturated heterocycles. The summed E-state index contributed by atoms with van der Waals surface area (Å²) in [4.78, 5) is 11.8. The maximum Gasteiger partial charge on any atom is 0.243 e. The summed E-state index contributed by atoms with van der Waals surface area (Å²) in [5.41, 5.74) is 2.54. The zero-order valence-electron chi connectivity index (χ0n) is 10.9. The van der Waals surface area contributed by atoms with Crippen molar-refractivity contribution in [1.29, 1.82) is 0 Å². The van der Waals surface area contributed by atoms with E-state index in [-0.39, 0.29) is 18.3 Å². The van der Waals surface area contributed by atoms with Crippen molar-refractivity contribution in [3.8, 4) is 0 Å². The lowest BCUT2D eigenvalue weighted by atomic mass is 10.2. The van der Waals surface area contributed by atoms with Gasteiger partial charge in [0, 0.05) is 15.8 Å². The van der Waals surface area contributed by atoms with Crippen molar-refractivity contribution >= 4 is 33.2 Å². The summed E-state index contributed by atoms with van der Waals surface area (Å²) >= 11 is 3.40. The quantitative estimate of drug-likeness (QED) is 0.887. The molecular formula is C15H14BrFN2O. The topological polar surface area (TPSA) is 41.1 Å². The molecule has 0 aliphatic rings. The number of amides is 1. The van der Waals surface area contributed by atoms with Crippen LogP contribution in [-0.4, -0.2) is 12.5 Å². The van der Waals surface area contributed by atoms with Crippen molar-refractivity contribution in [3.63, 3.8) is 0 Å². The Balaban J connectivity index is 1.90. The van der Waals surface area contributed by atoms with Gasteiger partial charge in [0.1, 0.15) is 5.82 Å². The van der Waals surface area contributed by atoms with Gasteiger partial charge >= 0.3 is 0 Å². The lowest BCUT2D eigenvalue weighted by Crippen LogP contribution is -2.21. The van der Waals surface area contributed by atoms with Gasteiger partial charge < -0.3 is 10.6 Å². The van der Waals surface area contributed by atoms with Gasteiger partial charge in [-0.1, -0.05) is 15.9 Å². The maximum atomic E-state index is 12.7. The Labute approximate surface area is 125 Å². The number of hydrogen-bond donors (Lipinski definition) is 2. The van der Waals surface area contributed by atoms with Gasteiger partial charge in [0.2, 0.25) is 5.91 Å². The van der Waals surface area contributed by atoms with E-state index in [0.29, 0.717) is 5.69 Å². The lowest BCUT2D eigenvalue weighted by Gasteiger charge is -2.09. The summed E-state index contributed by atoms with van der Waals surface area (Å²) in [7, 11) is 0. The molecule has 0 heterocycles. The van der Waals surface area contributed by atoms with Crippen LogP contribution >= 0.6 is 15.9 Å². The molecule has 2 N–H and O–H groups in total. The van der Waals surface area contributed by atoms with Crippen molar-refractivity contribution in [2.24, 2.45) is 0 Å². The number of aryl methyl sites for hydroxylation is 1. The summed E-state index contributed by atoms with van der Waals surface area (Å²) in [6.07, 6.45) is 0. The second kappa shape index (κ2) is 6.52. The number of nitrogens with one attached hydrogen (secondary N) is 2. The van der Waals surface area contributed by atoms with Crippen LogP contribution in [0.15, 0.2) is 46.9 Å². The molecule has 0 saturated carbocycles. The van der Waals surface area contributed by atoms with Crippen molar-refractivity contribution in [2.45, 2.75) is 6.92 Å². The molecule has 2 aromatic rings. The lowest BCUT2D eigenvalue weighted by molar-refractivity contribution is -0.114. The minimum absolute atomic E-state index is 0.146. The highest BCUT2D eigenvalue weighted by atomic mass is 79.9. The fourth-order valence-corrected chi connectivity index (χ4v) is 2.37. The van der Waals surface area contributed by atoms with Crippen LogP contribution in [0.4, 0.5) is 15.8 Å². The Morgan fingerprint density at radius 1 is 1.15 bits per heavy atom. The third kappa shape index (κ3) is 4.35. The largest absolute Gasteiger partial charge is 0.376 e. The molecule has 3 nitrogen and oxygen atoms in total. The minimum Gasteiger partial charge on any atom is -0.376 e. The SMILES string of the molecule is Cc1cc(Br)cc(NCC(=O)Nc2ccc(F)cc2)c1. The smallest absolute Gasteiger partial charge is 0.243 e. The molecule has 5 heteroatoms. The third-order valence-electron chi connectivity index (χ3n) is 2.62. The Kier molecular flexibility index (Phi) is 4.74. The van der Waals surface area contributed by atoms with Crippen LogP contribution in [0.1, 0.15) is 5.56 Å². The highest BCUT2D eigenvalue weighted by Crippen LogP contribution is 2.18. The fourth-order valence-electron chi connectivity index (χ4n) is 1.76. The predicted molar refractivity (Wildman–Crippen MR) is 82.4 cm³/mol. The molecule has 0 atom stereocenters. The molecule has 20 heavy (non-hydrogen) atoms. The van der Waals surface area contributed by atoms with E-state index in [9.17, 15) is 9.18 Å². The Bertz CT molecular complexity index is 594. The van der Waals surface area contributed by atoms with Crippen LogP contribution in [0.2, 0.25) is 0 Å². The monoisotopic (exact) mass is 336 g/mol. The minimum atomic E-state index is -0.328. The number of hydrogen-bond acceptors (Lipinski definition) is 2. The molecule has 2 rings (SSSR count). The molecule has 104 valence electrons. The van der Waals surface area contributed by atoms with Crippen LogP contribution < -0.4 is 10.6 Å². The van der Waals surface area contributed by atoms with Crippen molar-refractivity contribution < 1.29 is 9.18 Å². The second-order valence-electron chi connectivity index (χ2n) is 4.43. The van der Waals surface area contributed by atoms with Gasteiger partial charge in [-0.25, -0.2) is 4.39 Å². The highest BCUT2D eigenvalue weighted by molar-refractivity contribution is 9.10. The van der Waals surface area contributed by atoms with E-state index >= 15 is 0 Å². The molecular weight excluding hydrogens is 323 g/mol. The summed E-state index contributed by atoms with van der Waals surface area (Å²) < 4.78 is 13.7. The summed E-state index contributed by atoms with van der Waals surface area (Å²) in [5, 5.41) is 5.73.